The average Bonchev–Trinajstić information content (AvgIpc) is 3.30. The number of aromatic nitrogens is 1. The summed E-state index contributed by atoms with van der Waals surface area (Å²) < 4.78 is 6.17. The highest BCUT2D eigenvalue weighted by Gasteiger charge is 2.41. The van der Waals surface area contributed by atoms with Gasteiger partial charge in [0.2, 0.25) is 0 Å². The molecule has 0 amide bonds. The summed E-state index contributed by atoms with van der Waals surface area (Å²) in [6.45, 7) is 0.371. The zero-order valence-corrected chi connectivity index (χ0v) is 17.0. The topological polar surface area (TPSA) is 61.5 Å². The number of thiocarbonyl (C=S) groups is 1. The van der Waals surface area contributed by atoms with Crippen LogP contribution in [0.5, 0.6) is 0 Å². The number of nitrogens with one attached hydrogen (secondary N) is 1. The fraction of sp³-hybridized carbons (Fsp3) is 0.200. The summed E-state index contributed by atoms with van der Waals surface area (Å²) in [4.78, 5) is 6.39. The normalized spacial score (nSPS) is 19.1. The van der Waals surface area contributed by atoms with Gasteiger partial charge < -0.3 is 19.7 Å². The van der Waals surface area contributed by atoms with Crippen molar-refractivity contribution < 1.29 is 9.52 Å². The van der Waals surface area contributed by atoms with Gasteiger partial charge in [-0.05, 0) is 54.7 Å². The molecule has 2 atom stereocenters. The first-order chi connectivity index (χ1) is 13.6. The highest BCUT2D eigenvalue weighted by Crippen LogP contribution is 2.40. The van der Waals surface area contributed by atoms with Gasteiger partial charge in [0, 0.05) is 18.3 Å². The van der Waals surface area contributed by atoms with E-state index < -0.39 is 0 Å². The minimum absolute atomic E-state index is 0.0202. The van der Waals surface area contributed by atoms with Crippen LogP contribution in [0.2, 0.25) is 10.0 Å². The second-order valence-corrected chi connectivity index (χ2v) is 7.58. The number of hydrogen-bond donors (Lipinski definition) is 2. The molecule has 0 bridgehead atoms. The Balaban J connectivity index is 1.72. The lowest BCUT2D eigenvalue weighted by Crippen LogP contribution is -2.32. The standard InChI is InChI=1S/C20H17Cl2N3O2S/c21-13-5-4-12(11-14(13)22)16-6-7-17(27-16)19-18(15-3-1-2-8-23-15)24-20(28)25(19)9-10-26/h1-8,11,18-19,26H,9-10H2,(H,24,28). The third-order valence-corrected chi connectivity index (χ3v) is 5.75. The summed E-state index contributed by atoms with van der Waals surface area (Å²) in [6, 6.07) is 14.5. The minimum atomic E-state index is -0.230. The van der Waals surface area contributed by atoms with Crippen molar-refractivity contribution in [2.45, 2.75) is 12.1 Å². The first-order valence-electron chi connectivity index (χ1n) is 8.72. The zero-order valence-electron chi connectivity index (χ0n) is 14.7. The predicted octanol–water partition coefficient (Wildman–Crippen LogP) is 4.61. The van der Waals surface area contributed by atoms with Crippen LogP contribution in [0.3, 0.4) is 0 Å². The van der Waals surface area contributed by atoms with Crippen molar-refractivity contribution in [3.63, 3.8) is 0 Å². The van der Waals surface area contributed by atoms with E-state index in [9.17, 15) is 5.11 Å². The van der Waals surface area contributed by atoms with Crippen LogP contribution in [-0.2, 0) is 0 Å². The van der Waals surface area contributed by atoms with Crippen LogP contribution in [0.1, 0.15) is 23.5 Å². The van der Waals surface area contributed by atoms with E-state index in [4.69, 9.17) is 39.8 Å². The molecule has 1 aliphatic heterocycles. The van der Waals surface area contributed by atoms with Gasteiger partial charge >= 0.3 is 0 Å². The fourth-order valence-electron chi connectivity index (χ4n) is 3.38. The molecule has 8 heteroatoms. The van der Waals surface area contributed by atoms with Crippen LogP contribution in [0.4, 0.5) is 0 Å². The largest absolute Gasteiger partial charge is 0.459 e. The van der Waals surface area contributed by atoms with Crippen molar-refractivity contribution in [3.05, 3.63) is 76.2 Å². The smallest absolute Gasteiger partial charge is 0.170 e. The number of benzene rings is 1. The first kappa shape index (κ1) is 19.2. The monoisotopic (exact) mass is 433 g/mol. The second-order valence-electron chi connectivity index (χ2n) is 6.37. The maximum atomic E-state index is 9.50. The van der Waals surface area contributed by atoms with Crippen molar-refractivity contribution in [1.29, 1.82) is 0 Å². The zero-order chi connectivity index (χ0) is 19.7. The number of aliphatic hydroxyl groups excluding tert-OH is 1. The number of rotatable bonds is 5. The molecule has 3 heterocycles. The lowest BCUT2D eigenvalue weighted by atomic mass is 10.0. The van der Waals surface area contributed by atoms with E-state index in [1.54, 1.807) is 18.3 Å². The molecular formula is C20H17Cl2N3O2S. The second kappa shape index (κ2) is 8.09. The molecule has 5 nitrogen and oxygen atoms in total. The third-order valence-electron chi connectivity index (χ3n) is 4.66. The summed E-state index contributed by atoms with van der Waals surface area (Å²) in [7, 11) is 0. The summed E-state index contributed by atoms with van der Waals surface area (Å²) in [5, 5.41) is 14.3. The van der Waals surface area contributed by atoms with Crippen LogP contribution < -0.4 is 5.32 Å². The van der Waals surface area contributed by atoms with Gasteiger partial charge in [-0.15, -0.1) is 0 Å². The van der Waals surface area contributed by atoms with Gasteiger partial charge in [-0.1, -0.05) is 29.3 Å². The Hall–Kier alpha value is -2.12. The van der Waals surface area contributed by atoms with Gasteiger partial charge in [0.25, 0.3) is 0 Å². The third kappa shape index (κ3) is 3.61. The van der Waals surface area contributed by atoms with E-state index in [0.717, 1.165) is 17.0 Å². The molecule has 4 rings (SSSR count). The molecule has 1 fully saturated rings. The Kier molecular flexibility index (Phi) is 5.55. The van der Waals surface area contributed by atoms with E-state index in [1.165, 1.54) is 0 Å². The van der Waals surface area contributed by atoms with Gasteiger partial charge in [-0.2, -0.15) is 0 Å². The van der Waals surface area contributed by atoms with E-state index >= 15 is 0 Å². The number of pyridine rings is 1. The van der Waals surface area contributed by atoms with Gasteiger partial charge in [-0.3, -0.25) is 4.98 Å². The summed E-state index contributed by atoms with van der Waals surface area (Å²) in [5.74, 6) is 1.40. The van der Waals surface area contributed by atoms with Gasteiger partial charge in [-0.25, -0.2) is 0 Å². The molecule has 2 N–H and O–H groups in total. The molecule has 0 saturated carbocycles. The minimum Gasteiger partial charge on any atom is -0.459 e. The van der Waals surface area contributed by atoms with Gasteiger partial charge in [0.15, 0.2) is 5.11 Å². The van der Waals surface area contributed by atoms with E-state index in [1.807, 2.05) is 41.3 Å². The summed E-state index contributed by atoms with van der Waals surface area (Å²) in [6.07, 6.45) is 1.75. The number of furan rings is 1. The quantitative estimate of drug-likeness (QED) is 0.572. The first-order valence-corrected chi connectivity index (χ1v) is 9.89. The summed E-state index contributed by atoms with van der Waals surface area (Å²) >= 11 is 17.6. The number of hydrogen-bond acceptors (Lipinski definition) is 4. The van der Waals surface area contributed by atoms with Crippen LogP contribution in [0.25, 0.3) is 11.3 Å². The maximum Gasteiger partial charge on any atom is 0.170 e. The molecule has 144 valence electrons. The highest BCUT2D eigenvalue weighted by atomic mass is 35.5. The molecule has 0 spiro atoms. The molecule has 1 saturated heterocycles. The van der Waals surface area contributed by atoms with Gasteiger partial charge in [0.05, 0.1) is 28.4 Å². The fourth-order valence-corrected chi connectivity index (χ4v) is 4.01. The van der Waals surface area contributed by atoms with E-state index in [0.29, 0.717) is 27.5 Å². The molecule has 28 heavy (non-hydrogen) atoms. The lowest BCUT2D eigenvalue weighted by Gasteiger charge is -2.25. The van der Waals surface area contributed by atoms with Crippen molar-refractivity contribution in [1.82, 2.24) is 15.2 Å². The molecule has 0 radical (unpaired) electrons. The number of nitrogens with zero attached hydrogens (tertiary/aromatic N) is 2. The molecule has 1 aromatic carbocycles. The van der Waals surface area contributed by atoms with Crippen molar-refractivity contribution in [3.8, 4) is 11.3 Å². The SMILES string of the molecule is OCCN1C(=S)NC(c2ccccn2)C1c1ccc(-c2ccc(Cl)c(Cl)c2)o1. The van der Waals surface area contributed by atoms with E-state index in [2.05, 4.69) is 10.3 Å². The lowest BCUT2D eigenvalue weighted by molar-refractivity contribution is 0.209. The maximum absolute atomic E-state index is 9.50. The molecule has 3 aromatic rings. The Morgan fingerprint density at radius 3 is 2.71 bits per heavy atom. The van der Waals surface area contributed by atoms with Crippen molar-refractivity contribution in [2.24, 2.45) is 0 Å². The van der Waals surface area contributed by atoms with Gasteiger partial charge in [0.1, 0.15) is 17.6 Å². The van der Waals surface area contributed by atoms with Crippen LogP contribution in [-0.4, -0.2) is 33.3 Å². The average molecular weight is 434 g/mol. The van der Waals surface area contributed by atoms with E-state index in [-0.39, 0.29) is 18.7 Å². The molecule has 2 aromatic heterocycles. The van der Waals surface area contributed by atoms with Crippen molar-refractivity contribution >= 4 is 40.5 Å². The van der Waals surface area contributed by atoms with Crippen LogP contribution in [0, 0.1) is 0 Å². The summed E-state index contributed by atoms with van der Waals surface area (Å²) in [5.41, 5.74) is 1.68. The molecular weight excluding hydrogens is 417 g/mol. The Morgan fingerprint density at radius 2 is 2.00 bits per heavy atom. The highest BCUT2D eigenvalue weighted by molar-refractivity contribution is 7.80. The number of aliphatic hydroxyl groups is 1. The predicted molar refractivity (Wildman–Crippen MR) is 113 cm³/mol. The number of halogens is 2. The van der Waals surface area contributed by atoms with Crippen LogP contribution >= 0.6 is 35.4 Å². The Labute approximate surface area is 177 Å². The number of β-amino-alcohol motifs (C(OH)–C–C–N with tert-alkyl or cyclic N) is 1. The Bertz CT molecular complexity index is 996. The molecule has 0 aliphatic carbocycles. The Morgan fingerprint density at radius 1 is 1.14 bits per heavy atom. The molecule has 2 unspecified atom stereocenters. The van der Waals surface area contributed by atoms with Crippen LogP contribution in [0.15, 0.2) is 59.1 Å². The van der Waals surface area contributed by atoms with Crippen molar-refractivity contribution in [2.75, 3.05) is 13.2 Å². The molecule has 1 aliphatic rings.